The Morgan fingerprint density at radius 3 is 2.60 bits per heavy atom. The van der Waals surface area contributed by atoms with Crippen LogP contribution in [0.5, 0.6) is 0 Å². The van der Waals surface area contributed by atoms with Crippen LogP contribution in [0, 0.1) is 18.3 Å². The minimum Gasteiger partial charge on any atom is -0.382 e. The standard InChI is InChI=1S/C26H25N3O/c1-2-25-26(30,22-10-13-29(25)14-11-22)23-18-28-24(20-9-6-12-27-17-20)16-21(23)15-19-7-4-3-5-8-19/h1,3-9,12,16-18,22,25,30H,10-11,13-15H2/t25?,26-/m1/s1. The zero-order valence-corrected chi connectivity index (χ0v) is 16.9. The summed E-state index contributed by atoms with van der Waals surface area (Å²) in [5.41, 5.74) is 3.90. The molecule has 3 fully saturated rings. The molecule has 0 radical (unpaired) electrons. The highest BCUT2D eigenvalue weighted by Crippen LogP contribution is 2.48. The highest BCUT2D eigenvalue weighted by atomic mass is 16.3. The molecule has 6 rings (SSSR count). The summed E-state index contributed by atoms with van der Waals surface area (Å²) in [5, 5.41) is 12.1. The molecule has 0 amide bonds. The van der Waals surface area contributed by atoms with E-state index in [-0.39, 0.29) is 12.0 Å². The van der Waals surface area contributed by atoms with E-state index in [0.29, 0.717) is 0 Å². The number of hydrogen-bond donors (Lipinski definition) is 1. The average molecular weight is 396 g/mol. The first kappa shape index (κ1) is 19.0. The van der Waals surface area contributed by atoms with Crippen LogP contribution in [0.4, 0.5) is 0 Å². The van der Waals surface area contributed by atoms with Gasteiger partial charge in [-0.15, -0.1) is 6.42 Å². The third kappa shape index (κ3) is 3.11. The van der Waals surface area contributed by atoms with Crippen molar-refractivity contribution in [3.05, 3.63) is 83.8 Å². The molecule has 0 aliphatic carbocycles. The molecule has 30 heavy (non-hydrogen) atoms. The van der Waals surface area contributed by atoms with Gasteiger partial charge in [-0.05, 0) is 67.6 Å². The van der Waals surface area contributed by atoms with Gasteiger partial charge in [0.05, 0.1) is 5.69 Å². The van der Waals surface area contributed by atoms with E-state index in [2.05, 4.69) is 34.0 Å². The molecule has 5 heterocycles. The van der Waals surface area contributed by atoms with E-state index >= 15 is 0 Å². The summed E-state index contributed by atoms with van der Waals surface area (Å²) in [6.07, 6.45) is 14.0. The zero-order chi connectivity index (χ0) is 20.6. The van der Waals surface area contributed by atoms with Crippen LogP contribution in [-0.2, 0) is 12.0 Å². The van der Waals surface area contributed by atoms with Gasteiger partial charge in [-0.25, -0.2) is 0 Å². The second kappa shape index (κ2) is 7.68. The SMILES string of the molecule is C#CC1N2CCC(CC2)[C@@]1(O)c1cnc(-c2cccnc2)cc1Cc1ccccc1. The van der Waals surface area contributed by atoms with E-state index in [1.54, 1.807) is 6.20 Å². The molecule has 0 saturated carbocycles. The van der Waals surface area contributed by atoms with Gasteiger partial charge in [-0.2, -0.15) is 0 Å². The fourth-order valence-corrected chi connectivity index (χ4v) is 5.19. The first-order chi connectivity index (χ1) is 14.7. The van der Waals surface area contributed by atoms with Crippen molar-refractivity contribution in [2.24, 2.45) is 5.92 Å². The first-order valence-corrected chi connectivity index (χ1v) is 10.6. The summed E-state index contributed by atoms with van der Waals surface area (Å²) in [7, 11) is 0. The van der Waals surface area contributed by atoms with Crippen LogP contribution >= 0.6 is 0 Å². The zero-order valence-electron chi connectivity index (χ0n) is 16.9. The van der Waals surface area contributed by atoms with E-state index in [4.69, 9.17) is 11.4 Å². The van der Waals surface area contributed by atoms with Crippen molar-refractivity contribution in [2.75, 3.05) is 13.1 Å². The molecular formula is C26H25N3O. The van der Waals surface area contributed by atoms with Crippen molar-refractivity contribution in [2.45, 2.75) is 30.9 Å². The Bertz CT molecular complexity index is 1070. The Labute approximate surface area is 177 Å². The molecule has 4 nitrogen and oxygen atoms in total. The Morgan fingerprint density at radius 2 is 1.90 bits per heavy atom. The average Bonchev–Trinajstić information content (AvgIpc) is 2.81. The van der Waals surface area contributed by atoms with Crippen LogP contribution in [-0.4, -0.2) is 39.1 Å². The monoisotopic (exact) mass is 395 g/mol. The largest absolute Gasteiger partial charge is 0.382 e. The molecule has 1 unspecified atom stereocenters. The molecule has 3 aromatic rings. The van der Waals surface area contributed by atoms with Gasteiger partial charge < -0.3 is 5.11 Å². The Kier molecular flexibility index (Phi) is 4.86. The van der Waals surface area contributed by atoms with Crippen LogP contribution in [0.2, 0.25) is 0 Å². The van der Waals surface area contributed by atoms with Gasteiger partial charge in [-0.3, -0.25) is 14.9 Å². The van der Waals surface area contributed by atoms with Crippen molar-refractivity contribution in [3.8, 4) is 23.6 Å². The lowest BCUT2D eigenvalue weighted by Gasteiger charge is -2.54. The van der Waals surface area contributed by atoms with Gasteiger partial charge in [0.15, 0.2) is 0 Å². The minimum absolute atomic E-state index is 0.157. The van der Waals surface area contributed by atoms with Crippen LogP contribution in [0.3, 0.4) is 0 Å². The second-order valence-corrected chi connectivity index (χ2v) is 8.34. The number of rotatable bonds is 4. The fourth-order valence-electron chi connectivity index (χ4n) is 5.19. The molecule has 3 aliphatic rings. The fraction of sp³-hybridized carbons (Fsp3) is 0.308. The van der Waals surface area contributed by atoms with Crippen LogP contribution in [0.25, 0.3) is 11.3 Å². The Morgan fingerprint density at radius 1 is 1.10 bits per heavy atom. The summed E-state index contributed by atoms with van der Waals surface area (Å²) in [6.45, 7) is 1.91. The summed E-state index contributed by atoms with van der Waals surface area (Å²) >= 11 is 0. The molecule has 1 N–H and O–H groups in total. The first-order valence-electron chi connectivity index (χ1n) is 10.6. The Hall–Kier alpha value is -3.00. The minimum atomic E-state index is -1.07. The van der Waals surface area contributed by atoms with Crippen molar-refractivity contribution in [1.29, 1.82) is 0 Å². The molecule has 2 aromatic heterocycles. The number of aromatic nitrogens is 2. The number of benzene rings is 1. The lowest BCUT2D eigenvalue weighted by molar-refractivity contribution is -0.143. The lowest BCUT2D eigenvalue weighted by atomic mass is 9.66. The quantitative estimate of drug-likeness (QED) is 0.685. The van der Waals surface area contributed by atoms with Gasteiger partial charge in [-0.1, -0.05) is 36.3 Å². The number of fused-ring (bicyclic) bond motifs is 3. The van der Waals surface area contributed by atoms with Crippen molar-refractivity contribution < 1.29 is 5.11 Å². The van der Waals surface area contributed by atoms with E-state index in [1.165, 1.54) is 5.56 Å². The predicted octanol–water partition coefficient (Wildman–Crippen LogP) is 3.65. The number of aliphatic hydroxyl groups is 1. The number of nitrogens with zero attached hydrogens (tertiary/aromatic N) is 3. The van der Waals surface area contributed by atoms with Crippen LogP contribution in [0.1, 0.15) is 29.5 Å². The summed E-state index contributed by atoms with van der Waals surface area (Å²) in [6, 6.07) is 16.1. The van der Waals surface area contributed by atoms with E-state index < -0.39 is 5.60 Å². The molecule has 3 saturated heterocycles. The summed E-state index contributed by atoms with van der Waals surface area (Å²) < 4.78 is 0. The summed E-state index contributed by atoms with van der Waals surface area (Å²) in [5.74, 6) is 3.06. The maximum Gasteiger partial charge on any atom is 0.121 e. The number of hydrogen-bond acceptors (Lipinski definition) is 4. The molecule has 1 aromatic carbocycles. The topological polar surface area (TPSA) is 49.2 Å². The van der Waals surface area contributed by atoms with Crippen molar-refractivity contribution in [3.63, 3.8) is 0 Å². The van der Waals surface area contributed by atoms with Gasteiger partial charge in [0.2, 0.25) is 0 Å². The number of piperidine rings is 3. The predicted molar refractivity (Wildman–Crippen MR) is 118 cm³/mol. The molecule has 0 spiro atoms. The third-order valence-electron chi connectivity index (χ3n) is 6.71. The molecule has 2 bridgehead atoms. The van der Waals surface area contributed by atoms with E-state index in [0.717, 1.165) is 54.7 Å². The molecular weight excluding hydrogens is 370 g/mol. The third-order valence-corrected chi connectivity index (χ3v) is 6.71. The van der Waals surface area contributed by atoms with Crippen LogP contribution in [0.15, 0.2) is 67.1 Å². The van der Waals surface area contributed by atoms with Gasteiger partial charge in [0.25, 0.3) is 0 Å². The Balaban J connectivity index is 1.65. The molecule has 3 aliphatic heterocycles. The van der Waals surface area contributed by atoms with E-state index in [1.807, 2.05) is 42.7 Å². The number of pyridine rings is 2. The second-order valence-electron chi connectivity index (χ2n) is 8.34. The van der Waals surface area contributed by atoms with Crippen molar-refractivity contribution >= 4 is 0 Å². The normalized spacial score (nSPS) is 27.5. The van der Waals surface area contributed by atoms with Crippen LogP contribution < -0.4 is 0 Å². The highest BCUT2D eigenvalue weighted by molar-refractivity contribution is 5.60. The smallest absolute Gasteiger partial charge is 0.121 e. The number of terminal acetylenes is 1. The molecule has 2 atom stereocenters. The maximum absolute atomic E-state index is 12.1. The summed E-state index contributed by atoms with van der Waals surface area (Å²) in [4.78, 5) is 11.2. The highest BCUT2D eigenvalue weighted by Gasteiger charge is 2.54. The van der Waals surface area contributed by atoms with Gasteiger partial charge >= 0.3 is 0 Å². The molecule has 150 valence electrons. The van der Waals surface area contributed by atoms with Gasteiger partial charge in [0.1, 0.15) is 11.6 Å². The van der Waals surface area contributed by atoms with Gasteiger partial charge in [0, 0.05) is 29.7 Å². The van der Waals surface area contributed by atoms with Crippen molar-refractivity contribution in [1.82, 2.24) is 14.9 Å². The lowest BCUT2D eigenvalue weighted by Crippen LogP contribution is -2.63. The maximum atomic E-state index is 12.1. The molecule has 4 heteroatoms. The van der Waals surface area contributed by atoms with E-state index in [9.17, 15) is 5.11 Å².